The van der Waals surface area contributed by atoms with Crippen molar-refractivity contribution in [3.05, 3.63) is 29.8 Å². The molecule has 1 aliphatic rings. The van der Waals surface area contributed by atoms with E-state index in [2.05, 4.69) is 10.3 Å². The molecule has 1 unspecified atom stereocenters. The number of aromatic nitrogens is 1. The Kier molecular flexibility index (Phi) is 5.43. The van der Waals surface area contributed by atoms with Gasteiger partial charge in [0, 0.05) is 32.4 Å². The predicted molar refractivity (Wildman–Crippen MR) is 73.0 cm³/mol. The van der Waals surface area contributed by atoms with Gasteiger partial charge in [0.25, 0.3) is 5.91 Å². The number of amides is 1. The smallest absolute Gasteiger partial charge is 0.257 e. The third-order valence-electron chi connectivity index (χ3n) is 3.46. The number of hydrogen-bond donors (Lipinski definition) is 1. The Balaban J connectivity index is 2.08. The Morgan fingerprint density at radius 3 is 3.15 bits per heavy atom. The van der Waals surface area contributed by atoms with Crippen LogP contribution in [-0.2, 0) is 4.74 Å². The molecule has 1 amide bonds. The summed E-state index contributed by atoms with van der Waals surface area (Å²) in [7, 11) is 1.59. The summed E-state index contributed by atoms with van der Waals surface area (Å²) < 4.78 is 18.7. The molecule has 1 N–H and O–H groups in total. The number of hydrogen-bond acceptors (Lipinski definition) is 4. The molecule has 5 nitrogen and oxygen atoms in total. The maximum atomic E-state index is 13.7. The molecular weight excluding hydrogens is 261 g/mol. The van der Waals surface area contributed by atoms with E-state index in [1.807, 2.05) is 0 Å². The van der Waals surface area contributed by atoms with Gasteiger partial charge in [0.05, 0.1) is 18.4 Å². The summed E-state index contributed by atoms with van der Waals surface area (Å²) in [5, 5.41) is 3.34. The highest BCUT2D eigenvalue weighted by Gasteiger charge is 2.23. The molecule has 1 atom stereocenters. The lowest BCUT2D eigenvalue weighted by molar-refractivity contribution is 0.0674. The minimum Gasteiger partial charge on any atom is -0.383 e. The van der Waals surface area contributed by atoms with Crippen molar-refractivity contribution in [2.24, 2.45) is 0 Å². The lowest BCUT2D eigenvalue weighted by Crippen LogP contribution is -2.43. The third-order valence-corrected chi connectivity index (χ3v) is 3.46. The van der Waals surface area contributed by atoms with Crippen LogP contribution in [0, 0.1) is 5.82 Å². The Morgan fingerprint density at radius 1 is 1.65 bits per heavy atom. The number of carbonyl (C=O) groups is 1. The van der Waals surface area contributed by atoms with Crippen LogP contribution in [0.15, 0.2) is 18.5 Å². The number of nitrogens with zero attached hydrogens (tertiary/aromatic N) is 2. The second-order valence-electron chi connectivity index (χ2n) is 4.89. The molecule has 2 heterocycles. The minimum absolute atomic E-state index is 0.0640. The second kappa shape index (κ2) is 7.31. The molecule has 0 aliphatic carbocycles. The first kappa shape index (κ1) is 14.9. The molecule has 1 saturated heterocycles. The number of methoxy groups -OCH3 is 1. The zero-order chi connectivity index (χ0) is 14.4. The van der Waals surface area contributed by atoms with Crippen molar-refractivity contribution in [3.8, 4) is 0 Å². The summed E-state index contributed by atoms with van der Waals surface area (Å²) in [4.78, 5) is 17.7. The summed E-state index contributed by atoms with van der Waals surface area (Å²) >= 11 is 0. The summed E-state index contributed by atoms with van der Waals surface area (Å²) in [6.45, 7) is 2.44. The minimum atomic E-state index is -0.584. The van der Waals surface area contributed by atoms with Crippen LogP contribution in [0.2, 0.25) is 0 Å². The van der Waals surface area contributed by atoms with Gasteiger partial charge in [-0.15, -0.1) is 0 Å². The highest BCUT2D eigenvalue weighted by atomic mass is 19.1. The molecule has 2 rings (SSSR count). The van der Waals surface area contributed by atoms with Gasteiger partial charge in [-0.05, 0) is 25.5 Å². The van der Waals surface area contributed by atoms with Crippen molar-refractivity contribution >= 4 is 5.91 Å². The van der Waals surface area contributed by atoms with Gasteiger partial charge in [0.1, 0.15) is 0 Å². The fraction of sp³-hybridized carbons (Fsp3) is 0.571. The summed E-state index contributed by atoms with van der Waals surface area (Å²) in [6, 6.07) is 1.69. The van der Waals surface area contributed by atoms with Gasteiger partial charge in [0.2, 0.25) is 0 Å². The van der Waals surface area contributed by atoms with E-state index in [0.29, 0.717) is 19.7 Å². The number of pyridine rings is 1. The number of rotatable bonds is 6. The fourth-order valence-electron chi connectivity index (χ4n) is 2.37. The highest BCUT2D eigenvalue weighted by molar-refractivity contribution is 5.94. The SMILES string of the molecule is COCCN(CC1CCCN1)C(=O)c1ccncc1F. The van der Waals surface area contributed by atoms with Crippen LogP contribution in [0.3, 0.4) is 0 Å². The van der Waals surface area contributed by atoms with Crippen molar-refractivity contribution < 1.29 is 13.9 Å². The largest absolute Gasteiger partial charge is 0.383 e. The van der Waals surface area contributed by atoms with E-state index < -0.39 is 5.82 Å². The van der Waals surface area contributed by atoms with Crippen LogP contribution in [0.25, 0.3) is 0 Å². The molecule has 1 aromatic heterocycles. The van der Waals surface area contributed by atoms with Gasteiger partial charge in [0.15, 0.2) is 5.82 Å². The van der Waals surface area contributed by atoms with Gasteiger partial charge in [-0.2, -0.15) is 0 Å². The van der Waals surface area contributed by atoms with Crippen LogP contribution in [0.5, 0.6) is 0 Å². The standard InChI is InChI=1S/C14H20FN3O2/c1-20-8-7-18(10-11-3-2-5-17-11)14(19)12-4-6-16-9-13(12)15/h4,6,9,11,17H,2-3,5,7-8,10H2,1H3. The summed E-state index contributed by atoms with van der Waals surface area (Å²) in [5.41, 5.74) is 0.0640. The molecule has 0 aromatic carbocycles. The van der Waals surface area contributed by atoms with Crippen LogP contribution < -0.4 is 5.32 Å². The van der Waals surface area contributed by atoms with Gasteiger partial charge in [-0.25, -0.2) is 4.39 Å². The highest BCUT2D eigenvalue weighted by Crippen LogP contribution is 2.12. The molecule has 6 heteroatoms. The topological polar surface area (TPSA) is 54.5 Å². The number of carbonyl (C=O) groups excluding carboxylic acids is 1. The van der Waals surface area contributed by atoms with Crippen molar-refractivity contribution in [2.75, 3.05) is 33.4 Å². The van der Waals surface area contributed by atoms with E-state index in [-0.39, 0.29) is 17.5 Å². The summed E-state index contributed by atoms with van der Waals surface area (Å²) in [6.07, 6.45) is 4.64. The number of nitrogens with one attached hydrogen (secondary N) is 1. The zero-order valence-electron chi connectivity index (χ0n) is 11.6. The van der Waals surface area contributed by atoms with Crippen LogP contribution >= 0.6 is 0 Å². The molecule has 0 radical (unpaired) electrons. The maximum Gasteiger partial charge on any atom is 0.257 e. The lowest BCUT2D eigenvalue weighted by Gasteiger charge is -2.25. The first-order chi connectivity index (χ1) is 9.72. The first-order valence-corrected chi connectivity index (χ1v) is 6.83. The van der Waals surface area contributed by atoms with E-state index in [9.17, 15) is 9.18 Å². The fourth-order valence-corrected chi connectivity index (χ4v) is 2.37. The number of ether oxygens (including phenoxy) is 1. The third kappa shape index (κ3) is 3.74. The van der Waals surface area contributed by atoms with E-state index in [4.69, 9.17) is 4.74 Å². The van der Waals surface area contributed by atoms with Gasteiger partial charge >= 0.3 is 0 Å². The van der Waals surface area contributed by atoms with Crippen molar-refractivity contribution in [1.82, 2.24) is 15.2 Å². The predicted octanol–water partition coefficient (Wildman–Crippen LogP) is 1.06. The Labute approximate surface area is 118 Å². The van der Waals surface area contributed by atoms with Crippen LogP contribution in [-0.4, -0.2) is 55.2 Å². The van der Waals surface area contributed by atoms with E-state index in [1.165, 1.54) is 12.3 Å². The lowest BCUT2D eigenvalue weighted by atomic mass is 10.1. The molecule has 0 saturated carbocycles. The van der Waals surface area contributed by atoms with Crippen molar-refractivity contribution in [1.29, 1.82) is 0 Å². The van der Waals surface area contributed by atoms with Gasteiger partial charge in [-0.1, -0.05) is 0 Å². The average Bonchev–Trinajstić information content (AvgIpc) is 2.96. The monoisotopic (exact) mass is 281 g/mol. The normalized spacial score (nSPS) is 18.2. The zero-order valence-corrected chi connectivity index (χ0v) is 11.6. The summed E-state index contributed by atoms with van der Waals surface area (Å²) in [5.74, 6) is -0.894. The Morgan fingerprint density at radius 2 is 2.50 bits per heavy atom. The van der Waals surface area contributed by atoms with Gasteiger partial charge < -0.3 is 15.0 Å². The molecule has 1 aliphatic heterocycles. The first-order valence-electron chi connectivity index (χ1n) is 6.83. The quantitative estimate of drug-likeness (QED) is 0.847. The molecule has 110 valence electrons. The molecule has 0 spiro atoms. The molecule has 1 fully saturated rings. The van der Waals surface area contributed by atoms with E-state index in [0.717, 1.165) is 25.6 Å². The van der Waals surface area contributed by atoms with Crippen LogP contribution in [0.4, 0.5) is 4.39 Å². The number of halogens is 1. The van der Waals surface area contributed by atoms with Crippen LogP contribution in [0.1, 0.15) is 23.2 Å². The van der Waals surface area contributed by atoms with Crippen molar-refractivity contribution in [3.63, 3.8) is 0 Å². The Bertz CT molecular complexity index is 450. The van der Waals surface area contributed by atoms with Crippen molar-refractivity contribution in [2.45, 2.75) is 18.9 Å². The average molecular weight is 281 g/mol. The van der Waals surface area contributed by atoms with E-state index in [1.54, 1.807) is 12.0 Å². The van der Waals surface area contributed by atoms with Gasteiger partial charge in [-0.3, -0.25) is 9.78 Å². The Hall–Kier alpha value is -1.53. The van der Waals surface area contributed by atoms with E-state index >= 15 is 0 Å². The molecule has 1 aromatic rings. The molecular formula is C14H20FN3O2. The maximum absolute atomic E-state index is 13.7. The molecule has 20 heavy (non-hydrogen) atoms. The second-order valence-corrected chi connectivity index (χ2v) is 4.89. The molecule has 0 bridgehead atoms.